The molecule has 1 aromatic carbocycles. The fourth-order valence-electron chi connectivity index (χ4n) is 1.69. The molecular formula is C15H20ClNO4. The van der Waals surface area contributed by atoms with E-state index < -0.39 is 23.6 Å². The van der Waals surface area contributed by atoms with Gasteiger partial charge >= 0.3 is 11.9 Å². The number of hydrogen-bond acceptors (Lipinski definition) is 4. The fourth-order valence-corrected chi connectivity index (χ4v) is 1.81. The zero-order chi connectivity index (χ0) is 16.0. The highest BCUT2D eigenvalue weighted by Gasteiger charge is 2.21. The predicted octanol–water partition coefficient (Wildman–Crippen LogP) is 2.27. The number of nitrogens with one attached hydrogen (secondary N) is 1. The van der Waals surface area contributed by atoms with Crippen molar-refractivity contribution in [3.8, 4) is 0 Å². The molecule has 0 aromatic heterocycles. The molecule has 0 saturated heterocycles. The van der Waals surface area contributed by atoms with Crippen LogP contribution in [-0.4, -0.2) is 35.2 Å². The first-order valence-electron chi connectivity index (χ1n) is 6.60. The third-order valence-corrected chi connectivity index (χ3v) is 2.82. The molecule has 2 N–H and O–H groups in total. The molecule has 0 heterocycles. The fraction of sp³-hybridized carbons (Fsp3) is 0.467. The Hall–Kier alpha value is -1.59. The largest absolute Gasteiger partial charge is 0.480 e. The Bertz CT molecular complexity index is 493. The minimum absolute atomic E-state index is 0.151. The second-order valence-electron chi connectivity index (χ2n) is 5.69. The van der Waals surface area contributed by atoms with Crippen LogP contribution in [0.4, 0.5) is 0 Å². The van der Waals surface area contributed by atoms with Gasteiger partial charge in [-0.25, -0.2) is 0 Å². The summed E-state index contributed by atoms with van der Waals surface area (Å²) in [5.41, 5.74) is 0.233. The number of carbonyl (C=O) groups excluding carboxylic acids is 1. The summed E-state index contributed by atoms with van der Waals surface area (Å²) in [5, 5.41) is 12.5. The molecule has 0 amide bonds. The molecule has 0 spiro atoms. The van der Waals surface area contributed by atoms with Crippen LogP contribution in [-0.2, 0) is 20.7 Å². The number of esters is 1. The summed E-state index contributed by atoms with van der Waals surface area (Å²) in [4.78, 5) is 22.8. The molecule has 5 nitrogen and oxygen atoms in total. The van der Waals surface area contributed by atoms with E-state index in [1.807, 2.05) is 0 Å². The zero-order valence-corrected chi connectivity index (χ0v) is 13.1. The van der Waals surface area contributed by atoms with Crippen molar-refractivity contribution in [3.05, 3.63) is 34.9 Å². The predicted molar refractivity (Wildman–Crippen MR) is 80.4 cm³/mol. The van der Waals surface area contributed by atoms with Crippen LogP contribution in [0.5, 0.6) is 0 Å². The smallest absolute Gasteiger partial charge is 0.321 e. The van der Waals surface area contributed by atoms with Crippen LogP contribution in [0.1, 0.15) is 26.3 Å². The van der Waals surface area contributed by atoms with Crippen molar-refractivity contribution >= 4 is 23.5 Å². The van der Waals surface area contributed by atoms with Crippen LogP contribution < -0.4 is 5.32 Å². The topological polar surface area (TPSA) is 75.6 Å². The molecule has 0 aliphatic heterocycles. The molecule has 1 atom stereocenters. The summed E-state index contributed by atoms with van der Waals surface area (Å²) >= 11 is 5.78. The summed E-state index contributed by atoms with van der Waals surface area (Å²) in [6.45, 7) is 5.12. The van der Waals surface area contributed by atoms with Crippen LogP contribution in [0.15, 0.2) is 24.3 Å². The maximum absolute atomic E-state index is 11.6. The molecule has 0 radical (unpaired) electrons. The minimum Gasteiger partial charge on any atom is -0.480 e. The minimum atomic E-state index is -1.02. The summed E-state index contributed by atoms with van der Waals surface area (Å²) < 4.78 is 5.12. The molecule has 21 heavy (non-hydrogen) atoms. The summed E-state index contributed by atoms with van der Waals surface area (Å²) in [7, 11) is 0. The highest BCUT2D eigenvalue weighted by molar-refractivity contribution is 6.30. The van der Waals surface area contributed by atoms with Crippen molar-refractivity contribution in [2.75, 3.05) is 6.54 Å². The normalized spacial score (nSPS) is 12.8. The molecule has 0 bridgehead atoms. The Morgan fingerprint density at radius 3 is 2.33 bits per heavy atom. The lowest BCUT2D eigenvalue weighted by molar-refractivity contribution is -0.154. The second kappa shape index (κ2) is 7.43. The molecular weight excluding hydrogens is 294 g/mol. The molecule has 1 rings (SSSR count). The van der Waals surface area contributed by atoms with E-state index in [-0.39, 0.29) is 13.0 Å². The van der Waals surface area contributed by atoms with Gasteiger partial charge in [-0.1, -0.05) is 23.7 Å². The van der Waals surface area contributed by atoms with Gasteiger partial charge in [0.25, 0.3) is 0 Å². The standard InChI is InChI=1S/C15H20ClNO4/c1-15(2,3)21-13(18)9-17-12(14(19)20)8-10-4-6-11(16)7-5-10/h4-7,12,17H,8-9H2,1-3H3,(H,19,20). The first-order valence-corrected chi connectivity index (χ1v) is 6.97. The lowest BCUT2D eigenvalue weighted by Gasteiger charge is -2.21. The number of benzene rings is 1. The van der Waals surface area contributed by atoms with Crippen LogP contribution in [0.2, 0.25) is 5.02 Å². The number of carbonyl (C=O) groups is 2. The number of rotatable bonds is 6. The lowest BCUT2D eigenvalue weighted by Crippen LogP contribution is -2.42. The molecule has 1 unspecified atom stereocenters. The Balaban J connectivity index is 2.56. The molecule has 0 fully saturated rings. The number of carboxylic acids is 1. The third-order valence-electron chi connectivity index (χ3n) is 2.56. The highest BCUT2D eigenvalue weighted by atomic mass is 35.5. The maximum atomic E-state index is 11.6. The Morgan fingerprint density at radius 1 is 1.29 bits per heavy atom. The van der Waals surface area contributed by atoms with Gasteiger partial charge in [0.1, 0.15) is 11.6 Å². The summed E-state index contributed by atoms with van der Waals surface area (Å²) in [6, 6.07) is 6.05. The first kappa shape index (κ1) is 17.5. The Labute approximate surface area is 129 Å². The number of ether oxygens (including phenoxy) is 1. The number of aliphatic carboxylic acids is 1. The second-order valence-corrected chi connectivity index (χ2v) is 6.13. The van der Waals surface area contributed by atoms with Crippen molar-refractivity contribution in [1.29, 1.82) is 0 Å². The quantitative estimate of drug-likeness (QED) is 0.788. The van der Waals surface area contributed by atoms with Gasteiger partial charge in [-0.05, 0) is 44.9 Å². The van der Waals surface area contributed by atoms with Gasteiger partial charge in [-0.2, -0.15) is 0 Å². The van der Waals surface area contributed by atoms with E-state index in [1.54, 1.807) is 45.0 Å². The molecule has 0 aliphatic rings. The lowest BCUT2D eigenvalue weighted by atomic mass is 10.1. The average Bonchev–Trinajstić information content (AvgIpc) is 2.34. The summed E-state index contributed by atoms with van der Waals surface area (Å²) in [5.74, 6) is -1.50. The van der Waals surface area contributed by atoms with Gasteiger partial charge in [0.15, 0.2) is 0 Å². The van der Waals surface area contributed by atoms with E-state index in [4.69, 9.17) is 16.3 Å². The zero-order valence-electron chi connectivity index (χ0n) is 12.4. The van der Waals surface area contributed by atoms with E-state index in [2.05, 4.69) is 5.32 Å². The van der Waals surface area contributed by atoms with Gasteiger partial charge < -0.3 is 9.84 Å². The van der Waals surface area contributed by atoms with Crippen LogP contribution >= 0.6 is 11.6 Å². The number of carboxylic acid groups (broad SMARTS) is 1. The van der Waals surface area contributed by atoms with Gasteiger partial charge in [-0.15, -0.1) is 0 Å². The van der Waals surface area contributed by atoms with E-state index in [0.29, 0.717) is 5.02 Å². The molecule has 0 aliphatic carbocycles. The van der Waals surface area contributed by atoms with E-state index >= 15 is 0 Å². The van der Waals surface area contributed by atoms with Crippen LogP contribution in [0, 0.1) is 0 Å². The van der Waals surface area contributed by atoms with Crippen molar-refractivity contribution in [1.82, 2.24) is 5.32 Å². The molecule has 6 heteroatoms. The Morgan fingerprint density at radius 2 is 1.86 bits per heavy atom. The van der Waals surface area contributed by atoms with Crippen molar-refractivity contribution in [2.45, 2.75) is 38.8 Å². The van der Waals surface area contributed by atoms with Gasteiger partial charge in [-0.3, -0.25) is 14.9 Å². The van der Waals surface area contributed by atoms with Crippen molar-refractivity contribution in [2.24, 2.45) is 0 Å². The SMILES string of the molecule is CC(C)(C)OC(=O)CNC(Cc1ccc(Cl)cc1)C(=O)O. The van der Waals surface area contributed by atoms with Crippen LogP contribution in [0.3, 0.4) is 0 Å². The highest BCUT2D eigenvalue weighted by Crippen LogP contribution is 2.11. The van der Waals surface area contributed by atoms with E-state index in [9.17, 15) is 14.7 Å². The van der Waals surface area contributed by atoms with Crippen molar-refractivity contribution < 1.29 is 19.4 Å². The first-order chi connectivity index (χ1) is 9.67. The van der Waals surface area contributed by atoms with Gasteiger partial charge in [0.05, 0.1) is 6.54 Å². The van der Waals surface area contributed by atoms with E-state index in [1.165, 1.54) is 0 Å². The monoisotopic (exact) mass is 313 g/mol. The Kier molecular flexibility index (Phi) is 6.18. The molecule has 116 valence electrons. The van der Waals surface area contributed by atoms with Gasteiger partial charge in [0, 0.05) is 5.02 Å². The maximum Gasteiger partial charge on any atom is 0.321 e. The van der Waals surface area contributed by atoms with Crippen LogP contribution in [0.25, 0.3) is 0 Å². The summed E-state index contributed by atoms with van der Waals surface area (Å²) in [6.07, 6.45) is 0.259. The number of halogens is 1. The molecule has 1 aromatic rings. The molecule has 0 saturated carbocycles. The van der Waals surface area contributed by atoms with Crippen molar-refractivity contribution in [3.63, 3.8) is 0 Å². The van der Waals surface area contributed by atoms with E-state index in [0.717, 1.165) is 5.56 Å². The third kappa shape index (κ3) is 7.11. The number of hydrogen-bond donors (Lipinski definition) is 2. The van der Waals surface area contributed by atoms with Gasteiger partial charge in [0.2, 0.25) is 0 Å². The average molecular weight is 314 g/mol.